The summed E-state index contributed by atoms with van der Waals surface area (Å²) in [7, 11) is 1.77. The normalized spacial score (nSPS) is 16.1. The summed E-state index contributed by atoms with van der Waals surface area (Å²) in [5, 5.41) is 3.28. The van der Waals surface area contributed by atoms with Crippen LogP contribution in [0, 0.1) is 6.92 Å². The molecular weight excluding hydrogens is 418 g/mol. The molecular formula is C20H25N7OS2. The summed E-state index contributed by atoms with van der Waals surface area (Å²) >= 11 is 3.07. The molecule has 1 N–H and O–H groups in total. The van der Waals surface area contributed by atoms with E-state index >= 15 is 0 Å². The predicted octanol–water partition coefficient (Wildman–Crippen LogP) is 4.28. The van der Waals surface area contributed by atoms with Gasteiger partial charge in [0.2, 0.25) is 5.95 Å². The molecule has 1 unspecified atom stereocenters. The Kier molecular flexibility index (Phi) is 6.05. The van der Waals surface area contributed by atoms with E-state index < -0.39 is 0 Å². The summed E-state index contributed by atoms with van der Waals surface area (Å²) in [6.07, 6.45) is 3.95. The lowest BCUT2D eigenvalue weighted by molar-refractivity contribution is 0.544. The van der Waals surface area contributed by atoms with E-state index in [1.54, 1.807) is 17.8 Å². The standard InChI is InChI=1S/C17H17N7OS2.C3H8/c1-9-5-12-13(22-27-21-12)6-11(9)19-16-18-7-14-15(20-16)24(17(25)23(14)2)10-3-4-26-8-10;1-3-2/h5-7,10H,3-4,8H2,1-2H3,(H,18,19,20);3H2,1-2H3. The van der Waals surface area contributed by atoms with Crippen LogP contribution in [0.25, 0.3) is 22.2 Å². The van der Waals surface area contributed by atoms with Gasteiger partial charge in [-0.25, -0.2) is 9.78 Å². The molecule has 4 heterocycles. The second-order valence-electron chi connectivity index (χ2n) is 7.38. The molecule has 158 valence electrons. The predicted molar refractivity (Wildman–Crippen MR) is 125 cm³/mol. The number of benzene rings is 1. The molecule has 4 aromatic rings. The molecule has 3 aromatic heterocycles. The lowest BCUT2D eigenvalue weighted by Crippen LogP contribution is -2.26. The van der Waals surface area contributed by atoms with Crippen LogP contribution in [-0.4, -0.2) is 39.4 Å². The molecule has 0 radical (unpaired) electrons. The zero-order valence-corrected chi connectivity index (χ0v) is 19.2. The highest BCUT2D eigenvalue weighted by atomic mass is 32.2. The minimum Gasteiger partial charge on any atom is -0.324 e. The number of nitrogens with zero attached hydrogens (tertiary/aromatic N) is 6. The monoisotopic (exact) mass is 443 g/mol. The Labute approximate surface area is 183 Å². The maximum Gasteiger partial charge on any atom is 0.330 e. The molecule has 1 atom stereocenters. The molecule has 5 rings (SSSR count). The van der Waals surface area contributed by atoms with Crippen molar-refractivity contribution >= 4 is 57.3 Å². The molecule has 0 saturated carbocycles. The van der Waals surface area contributed by atoms with Crippen molar-refractivity contribution in [3.05, 3.63) is 34.4 Å². The second kappa shape index (κ2) is 8.73. The number of hydrogen-bond donors (Lipinski definition) is 1. The Bertz CT molecular complexity index is 1240. The van der Waals surface area contributed by atoms with Gasteiger partial charge in [-0.2, -0.15) is 25.5 Å². The molecule has 1 aromatic carbocycles. The van der Waals surface area contributed by atoms with Crippen LogP contribution in [0.1, 0.15) is 38.3 Å². The van der Waals surface area contributed by atoms with Crippen LogP contribution in [0.3, 0.4) is 0 Å². The second-order valence-corrected chi connectivity index (χ2v) is 9.06. The maximum absolute atomic E-state index is 12.7. The van der Waals surface area contributed by atoms with Gasteiger partial charge in [0.1, 0.15) is 16.6 Å². The van der Waals surface area contributed by atoms with E-state index in [2.05, 4.69) is 37.9 Å². The highest BCUT2D eigenvalue weighted by Crippen LogP contribution is 2.30. The topological polar surface area (TPSA) is 90.5 Å². The van der Waals surface area contributed by atoms with Gasteiger partial charge in [0, 0.05) is 18.5 Å². The van der Waals surface area contributed by atoms with Gasteiger partial charge in [0.05, 0.1) is 24.0 Å². The third-order valence-electron chi connectivity index (χ3n) is 4.95. The zero-order chi connectivity index (χ0) is 21.3. The van der Waals surface area contributed by atoms with Crippen LogP contribution in [0.2, 0.25) is 0 Å². The summed E-state index contributed by atoms with van der Waals surface area (Å²) in [6.45, 7) is 6.26. The molecule has 1 aliphatic rings. The highest BCUT2D eigenvalue weighted by molar-refractivity contribution is 7.99. The quantitative estimate of drug-likeness (QED) is 0.505. The SMILES string of the molecule is CCC.Cc1cc2nsnc2cc1Nc1ncc2c(n1)n(C1CCSC1)c(=O)n2C. The lowest BCUT2D eigenvalue weighted by atomic mass is 10.2. The summed E-state index contributed by atoms with van der Waals surface area (Å²) in [5.41, 5.74) is 5.05. The highest BCUT2D eigenvalue weighted by Gasteiger charge is 2.24. The van der Waals surface area contributed by atoms with Crippen LogP contribution in [0.15, 0.2) is 23.1 Å². The van der Waals surface area contributed by atoms with Gasteiger partial charge >= 0.3 is 5.69 Å². The number of anilines is 2. The smallest absolute Gasteiger partial charge is 0.324 e. The van der Waals surface area contributed by atoms with Crippen molar-refractivity contribution in [3.63, 3.8) is 0 Å². The fourth-order valence-corrected chi connectivity index (χ4v) is 5.14. The summed E-state index contributed by atoms with van der Waals surface area (Å²) in [4.78, 5) is 21.8. The van der Waals surface area contributed by atoms with Crippen molar-refractivity contribution in [2.24, 2.45) is 7.05 Å². The van der Waals surface area contributed by atoms with Crippen molar-refractivity contribution in [2.75, 3.05) is 16.8 Å². The third-order valence-corrected chi connectivity index (χ3v) is 6.65. The van der Waals surface area contributed by atoms with Crippen LogP contribution in [0.5, 0.6) is 0 Å². The fourth-order valence-electron chi connectivity index (χ4n) is 3.44. The van der Waals surface area contributed by atoms with E-state index in [0.29, 0.717) is 11.6 Å². The first-order valence-corrected chi connectivity index (χ1v) is 11.9. The molecule has 10 heteroatoms. The Morgan fingerprint density at radius 2 is 1.97 bits per heavy atom. The molecule has 1 saturated heterocycles. The van der Waals surface area contributed by atoms with E-state index in [-0.39, 0.29) is 11.7 Å². The Hall–Kier alpha value is -2.46. The summed E-state index contributed by atoms with van der Waals surface area (Å²) in [5.74, 6) is 2.49. The Balaban J connectivity index is 0.000000687. The molecule has 1 aliphatic heterocycles. The molecule has 0 amide bonds. The van der Waals surface area contributed by atoms with Gasteiger partial charge in [-0.1, -0.05) is 20.3 Å². The number of aryl methyl sites for hydroxylation is 2. The van der Waals surface area contributed by atoms with Crippen molar-refractivity contribution in [3.8, 4) is 0 Å². The number of aromatic nitrogens is 6. The minimum atomic E-state index is -0.0323. The molecule has 1 fully saturated rings. The number of hydrogen-bond acceptors (Lipinski definition) is 8. The first kappa shape index (κ1) is 20.8. The number of thioether (sulfide) groups is 1. The third kappa shape index (κ3) is 3.81. The van der Waals surface area contributed by atoms with Gasteiger partial charge in [-0.15, -0.1) is 0 Å². The summed E-state index contributed by atoms with van der Waals surface area (Å²) < 4.78 is 12.0. The van der Waals surface area contributed by atoms with E-state index in [4.69, 9.17) is 0 Å². The molecule has 0 bridgehead atoms. The number of fused-ring (bicyclic) bond motifs is 2. The largest absolute Gasteiger partial charge is 0.330 e. The number of imidazole rings is 1. The van der Waals surface area contributed by atoms with E-state index in [1.807, 2.05) is 35.4 Å². The molecule has 30 heavy (non-hydrogen) atoms. The van der Waals surface area contributed by atoms with Crippen LogP contribution < -0.4 is 11.0 Å². The van der Waals surface area contributed by atoms with Crippen LogP contribution in [-0.2, 0) is 7.05 Å². The van der Waals surface area contributed by atoms with Crippen LogP contribution in [0.4, 0.5) is 11.6 Å². The van der Waals surface area contributed by atoms with E-state index in [9.17, 15) is 4.79 Å². The number of nitrogens with one attached hydrogen (secondary N) is 1. The minimum absolute atomic E-state index is 0.0323. The zero-order valence-electron chi connectivity index (χ0n) is 17.5. The lowest BCUT2D eigenvalue weighted by Gasteiger charge is -2.11. The molecule has 0 aliphatic carbocycles. The van der Waals surface area contributed by atoms with E-state index in [0.717, 1.165) is 45.7 Å². The maximum atomic E-state index is 12.7. The van der Waals surface area contributed by atoms with Crippen molar-refractivity contribution in [1.29, 1.82) is 0 Å². The van der Waals surface area contributed by atoms with E-state index in [1.165, 1.54) is 18.1 Å². The van der Waals surface area contributed by atoms with Crippen molar-refractivity contribution < 1.29 is 0 Å². The van der Waals surface area contributed by atoms with Crippen molar-refractivity contribution in [2.45, 2.75) is 39.7 Å². The van der Waals surface area contributed by atoms with Gasteiger partial charge in [-0.05, 0) is 36.8 Å². The Morgan fingerprint density at radius 3 is 2.67 bits per heavy atom. The fraction of sp³-hybridized carbons (Fsp3) is 0.450. The van der Waals surface area contributed by atoms with Gasteiger partial charge < -0.3 is 5.32 Å². The molecule has 8 nitrogen and oxygen atoms in total. The van der Waals surface area contributed by atoms with Crippen LogP contribution >= 0.6 is 23.5 Å². The van der Waals surface area contributed by atoms with Crippen molar-refractivity contribution in [1.82, 2.24) is 27.8 Å². The van der Waals surface area contributed by atoms with Gasteiger partial charge in [0.15, 0.2) is 5.65 Å². The summed E-state index contributed by atoms with van der Waals surface area (Å²) in [6, 6.07) is 4.13. The average molecular weight is 444 g/mol. The number of rotatable bonds is 3. The first-order valence-electron chi connectivity index (χ1n) is 10.0. The van der Waals surface area contributed by atoms with Gasteiger partial charge in [-0.3, -0.25) is 9.13 Å². The molecule has 0 spiro atoms. The Morgan fingerprint density at radius 1 is 1.23 bits per heavy atom. The first-order chi connectivity index (χ1) is 14.5. The average Bonchev–Trinajstić information content (AvgIpc) is 3.44. The van der Waals surface area contributed by atoms with Gasteiger partial charge in [0.25, 0.3) is 0 Å².